The molecular formula is C17H21F3N4O5. The van der Waals surface area contributed by atoms with E-state index in [-0.39, 0.29) is 38.0 Å². The number of nitrogens with zero attached hydrogens (tertiary/aromatic N) is 4. The van der Waals surface area contributed by atoms with E-state index in [1.807, 2.05) is 13.8 Å². The Morgan fingerprint density at radius 2 is 1.48 bits per heavy atom. The van der Waals surface area contributed by atoms with Crippen LogP contribution in [0.2, 0.25) is 0 Å². The van der Waals surface area contributed by atoms with Crippen LogP contribution in [0.15, 0.2) is 12.1 Å². The van der Waals surface area contributed by atoms with Crippen molar-refractivity contribution in [2.45, 2.75) is 32.9 Å². The molecule has 29 heavy (non-hydrogen) atoms. The van der Waals surface area contributed by atoms with E-state index in [4.69, 9.17) is 0 Å². The Labute approximate surface area is 164 Å². The van der Waals surface area contributed by atoms with Crippen LogP contribution in [0.25, 0.3) is 0 Å². The molecule has 0 spiro atoms. The zero-order valence-electron chi connectivity index (χ0n) is 15.9. The first kappa shape index (κ1) is 22.4. The molecule has 0 aliphatic carbocycles. The van der Waals surface area contributed by atoms with Crippen molar-refractivity contribution in [3.05, 3.63) is 37.9 Å². The summed E-state index contributed by atoms with van der Waals surface area (Å²) in [4.78, 5) is 36.0. The molecule has 0 radical (unpaired) electrons. The monoisotopic (exact) mass is 418 g/mol. The first-order valence-electron chi connectivity index (χ1n) is 9.08. The Balaban J connectivity index is 2.39. The smallest absolute Gasteiger partial charge is 0.357 e. The minimum absolute atomic E-state index is 0.0406. The fourth-order valence-electron chi connectivity index (χ4n) is 3.42. The second-order valence-electron chi connectivity index (χ2n) is 6.70. The summed E-state index contributed by atoms with van der Waals surface area (Å²) in [6, 6.07) is 0.619. The van der Waals surface area contributed by atoms with Gasteiger partial charge in [0.15, 0.2) is 5.69 Å². The lowest BCUT2D eigenvalue weighted by Gasteiger charge is -2.37. The number of carbonyl (C=O) groups is 1. The number of nitro benzene ring substituents is 2. The maximum Gasteiger partial charge on any atom is 0.416 e. The van der Waals surface area contributed by atoms with Crippen LogP contribution in [-0.4, -0.2) is 46.8 Å². The first-order chi connectivity index (χ1) is 13.5. The number of benzene rings is 1. The third-order valence-corrected chi connectivity index (χ3v) is 5.03. The Hall–Kier alpha value is -2.92. The summed E-state index contributed by atoms with van der Waals surface area (Å²) in [6.07, 6.45) is -3.65. The van der Waals surface area contributed by atoms with Gasteiger partial charge in [-0.1, -0.05) is 13.8 Å². The van der Waals surface area contributed by atoms with E-state index in [9.17, 15) is 38.2 Å². The number of carbonyl (C=O) groups excluding carboxylic acids is 1. The molecule has 0 N–H and O–H groups in total. The highest BCUT2D eigenvalue weighted by Crippen LogP contribution is 2.43. The zero-order chi connectivity index (χ0) is 21.9. The number of nitro groups is 2. The lowest BCUT2D eigenvalue weighted by Crippen LogP contribution is -2.50. The summed E-state index contributed by atoms with van der Waals surface area (Å²) in [5.74, 6) is -0.220. The molecule has 1 aromatic carbocycles. The molecule has 0 unspecified atom stereocenters. The lowest BCUT2D eigenvalue weighted by atomic mass is 10.0. The Morgan fingerprint density at radius 3 is 1.83 bits per heavy atom. The molecule has 1 aliphatic rings. The Bertz CT molecular complexity index is 768. The van der Waals surface area contributed by atoms with Crippen molar-refractivity contribution < 1.29 is 27.8 Å². The van der Waals surface area contributed by atoms with Gasteiger partial charge in [-0.2, -0.15) is 13.2 Å². The highest BCUT2D eigenvalue weighted by molar-refractivity contribution is 5.80. The van der Waals surface area contributed by atoms with Gasteiger partial charge >= 0.3 is 6.18 Å². The molecule has 12 heteroatoms. The van der Waals surface area contributed by atoms with Gasteiger partial charge in [-0.3, -0.25) is 25.0 Å². The molecule has 1 saturated heterocycles. The quantitative estimate of drug-likeness (QED) is 0.516. The first-order valence-corrected chi connectivity index (χ1v) is 9.08. The van der Waals surface area contributed by atoms with Crippen molar-refractivity contribution in [3.8, 4) is 0 Å². The molecule has 1 aliphatic heterocycles. The minimum Gasteiger partial charge on any atom is -0.357 e. The van der Waals surface area contributed by atoms with Gasteiger partial charge in [-0.25, -0.2) is 0 Å². The Kier molecular flexibility index (Phi) is 6.65. The van der Waals surface area contributed by atoms with Crippen LogP contribution in [0.1, 0.15) is 32.3 Å². The standard InChI is InChI=1S/C17H21F3N4O5/c1-3-11(4-2)16(25)22-7-5-21(6-8-22)15-13(23(26)27)9-12(17(18,19)20)10-14(15)24(28)29/h9-11H,3-8H2,1-2H3. The molecule has 1 heterocycles. The number of rotatable bonds is 6. The van der Waals surface area contributed by atoms with Gasteiger partial charge in [0, 0.05) is 44.2 Å². The number of piperazine rings is 1. The third-order valence-electron chi connectivity index (χ3n) is 5.03. The van der Waals surface area contributed by atoms with Gasteiger partial charge in [0.25, 0.3) is 11.4 Å². The molecule has 0 aromatic heterocycles. The highest BCUT2D eigenvalue weighted by atomic mass is 19.4. The third kappa shape index (κ3) is 4.74. The number of anilines is 1. The fourth-order valence-corrected chi connectivity index (χ4v) is 3.42. The van der Waals surface area contributed by atoms with Crippen molar-refractivity contribution in [1.82, 2.24) is 4.90 Å². The van der Waals surface area contributed by atoms with Crippen molar-refractivity contribution in [3.63, 3.8) is 0 Å². The predicted octanol–water partition coefficient (Wildman–Crippen LogP) is 3.61. The number of alkyl halides is 3. The fraction of sp³-hybridized carbons (Fsp3) is 0.588. The van der Waals surface area contributed by atoms with Crippen LogP contribution in [-0.2, 0) is 11.0 Å². The largest absolute Gasteiger partial charge is 0.416 e. The molecule has 9 nitrogen and oxygen atoms in total. The number of hydrogen-bond donors (Lipinski definition) is 0. The van der Waals surface area contributed by atoms with Gasteiger partial charge in [-0.05, 0) is 12.8 Å². The van der Waals surface area contributed by atoms with Crippen molar-refractivity contribution >= 4 is 23.0 Å². The van der Waals surface area contributed by atoms with Gasteiger partial charge in [0.1, 0.15) is 0 Å². The molecule has 0 bridgehead atoms. The SMILES string of the molecule is CCC(CC)C(=O)N1CCN(c2c([N+](=O)[O-])cc(C(F)(F)F)cc2[N+](=O)[O-])CC1. The van der Waals surface area contributed by atoms with Crippen LogP contribution in [0.4, 0.5) is 30.2 Å². The minimum atomic E-state index is -4.96. The van der Waals surface area contributed by atoms with Crippen LogP contribution in [0.3, 0.4) is 0 Å². The van der Waals surface area contributed by atoms with Gasteiger partial charge in [0.05, 0.1) is 15.4 Å². The maximum atomic E-state index is 13.0. The molecule has 1 aromatic rings. The molecule has 160 valence electrons. The van der Waals surface area contributed by atoms with E-state index in [1.54, 1.807) is 4.90 Å². The highest BCUT2D eigenvalue weighted by Gasteiger charge is 2.40. The number of halogens is 3. The van der Waals surface area contributed by atoms with Gasteiger partial charge in [0.2, 0.25) is 5.91 Å². The molecule has 0 saturated carbocycles. The Morgan fingerprint density at radius 1 is 1.03 bits per heavy atom. The number of amides is 1. The average molecular weight is 418 g/mol. The van der Waals surface area contributed by atoms with Crippen molar-refractivity contribution in [2.75, 3.05) is 31.1 Å². The second kappa shape index (κ2) is 8.62. The van der Waals surface area contributed by atoms with Crippen LogP contribution in [0.5, 0.6) is 0 Å². The van der Waals surface area contributed by atoms with E-state index in [0.29, 0.717) is 25.0 Å². The summed E-state index contributed by atoms with van der Waals surface area (Å²) < 4.78 is 39.1. The van der Waals surface area contributed by atoms with Crippen LogP contribution in [0, 0.1) is 26.1 Å². The summed E-state index contributed by atoms with van der Waals surface area (Å²) in [7, 11) is 0. The van der Waals surface area contributed by atoms with E-state index in [1.165, 1.54) is 4.90 Å². The molecular weight excluding hydrogens is 397 g/mol. The van der Waals surface area contributed by atoms with Gasteiger partial charge in [-0.15, -0.1) is 0 Å². The zero-order valence-corrected chi connectivity index (χ0v) is 15.9. The average Bonchev–Trinajstić information content (AvgIpc) is 2.67. The van der Waals surface area contributed by atoms with E-state index < -0.39 is 38.6 Å². The van der Waals surface area contributed by atoms with E-state index >= 15 is 0 Å². The maximum absolute atomic E-state index is 13.0. The molecule has 0 atom stereocenters. The van der Waals surface area contributed by atoms with Gasteiger partial charge < -0.3 is 9.80 Å². The predicted molar refractivity (Wildman–Crippen MR) is 97.6 cm³/mol. The topological polar surface area (TPSA) is 110 Å². The summed E-state index contributed by atoms with van der Waals surface area (Å²) in [5, 5.41) is 22.8. The summed E-state index contributed by atoms with van der Waals surface area (Å²) in [5.41, 5.74) is -3.89. The molecule has 1 fully saturated rings. The normalized spacial score (nSPS) is 15.0. The molecule has 2 rings (SSSR count). The van der Waals surface area contributed by atoms with Crippen LogP contribution < -0.4 is 4.90 Å². The molecule has 1 amide bonds. The summed E-state index contributed by atoms with van der Waals surface area (Å²) >= 11 is 0. The van der Waals surface area contributed by atoms with Crippen LogP contribution >= 0.6 is 0 Å². The lowest BCUT2D eigenvalue weighted by molar-refractivity contribution is -0.393. The van der Waals surface area contributed by atoms with Crippen molar-refractivity contribution in [2.24, 2.45) is 5.92 Å². The van der Waals surface area contributed by atoms with E-state index in [2.05, 4.69) is 0 Å². The summed E-state index contributed by atoms with van der Waals surface area (Å²) in [6.45, 7) is 4.20. The van der Waals surface area contributed by atoms with Crippen molar-refractivity contribution in [1.29, 1.82) is 0 Å². The second-order valence-corrected chi connectivity index (χ2v) is 6.70. The van der Waals surface area contributed by atoms with E-state index in [0.717, 1.165) is 0 Å². The number of hydrogen-bond acceptors (Lipinski definition) is 6.